The summed E-state index contributed by atoms with van der Waals surface area (Å²) >= 11 is 1.77. The third-order valence-corrected chi connectivity index (χ3v) is 6.23. The maximum atomic E-state index is 13.2. The average Bonchev–Trinajstić information content (AvgIpc) is 3.13. The van der Waals surface area contributed by atoms with Crippen LogP contribution in [-0.4, -0.2) is 41.2 Å². The number of carbonyl (C=O) groups is 2. The van der Waals surface area contributed by atoms with Crippen LogP contribution in [0, 0.1) is 6.92 Å². The molecule has 0 saturated carbocycles. The molecule has 1 aliphatic rings. The molecule has 0 fully saturated rings. The predicted molar refractivity (Wildman–Crippen MR) is 110 cm³/mol. The van der Waals surface area contributed by atoms with E-state index in [9.17, 15) is 9.59 Å². The first-order valence-corrected chi connectivity index (χ1v) is 10.6. The Hall–Kier alpha value is -2.14. The third-order valence-electron chi connectivity index (χ3n) is 5.23. The molecule has 0 spiro atoms. The lowest BCUT2D eigenvalue weighted by Crippen LogP contribution is -2.46. The molecule has 1 aliphatic heterocycles. The largest absolute Gasteiger partial charge is 0.334 e. The average molecular weight is 385 g/mol. The molecular formula is C22H28N2O2S. The first-order chi connectivity index (χ1) is 13.0. The fourth-order valence-electron chi connectivity index (χ4n) is 3.64. The molecule has 1 atom stereocenters. The molecular weight excluding hydrogens is 356 g/mol. The molecule has 0 radical (unpaired) electrons. The zero-order chi connectivity index (χ0) is 19.4. The van der Waals surface area contributed by atoms with Crippen molar-refractivity contribution in [2.24, 2.45) is 0 Å². The SMILES string of the molecule is CCCCN(CC(=O)N1CCc2sccc2[C@H]1c1ccc(C)cc1)C(C)=O. The fourth-order valence-corrected chi connectivity index (χ4v) is 4.55. The molecule has 0 bridgehead atoms. The summed E-state index contributed by atoms with van der Waals surface area (Å²) in [6.07, 6.45) is 2.81. The number of unbranched alkanes of at least 4 members (excludes halogenated alkanes) is 1. The van der Waals surface area contributed by atoms with E-state index in [1.807, 2.05) is 4.90 Å². The van der Waals surface area contributed by atoms with Crippen molar-refractivity contribution in [1.82, 2.24) is 9.80 Å². The van der Waals surface area contributed by atoms with Crippen molar-refractivity contribution < 1.29 is 9.59 Å². The molecule has 0 N–H and O–H groups in total. The normalized spacial score (nSPS) is 16.1. The minimum atomic E-state index is -0.0620. The summed E-state index contributed by atoms with van der Waals surface area (Å²) in [4.78, 5) is 30.2. The summed E-state index contributed by atoms with van der Waals surface area (Å²) in [6.45, 7) is 7.22. The molecule has 5 heteroatoms. The van der Waals surface area contributed by atoms with Gasteiger partial charge in [0.05, 0.1) is 12.6 Å². The molecule has 1 aromatic heterocycles. The van der Waals surface area contributed by atoms with Gasteiger partial charge in [0, 0.05) is 24.9 Å². The Kier molecular flexibility index (Phi) is 6.32. The predicted octanol–water partition coefficient (Wildman–Crippen LogP) is 4.18. The lowest BCUT2D eigenvalue weighted by Gasteiger charge is -2.37. The second kappa shape index (κ2) is 8.70. The smallest absolute Gasteiger partial charge is 0.242 e. The Balaban J connectivity index is 1.87. The van der Waals surface area contributed by atoms with E-state index in [1.54, 1.807) is 23.2 Å². The quantitative estimate of drug-likeness (QED) is 0.750. The van der Waals surface area contributed by atoms with E-state index in [-0.39, 0.29) is 24.4 Å². The van der Waals surface area contributed by atoms with Gasteiger partial charge in [-0.1, -0.05) is 43.2 Å². The number of fused-ring (bicyclic) bond motifs is 1. The lowest BCUT2D eigenvalue weighted by atomic mass is 9.92. The zero-order valence-corrected chi connectivity index (χ0v) is 17.2. The molecule has 0 saturated heterocycles. The van der Waals surface area contributed by atoms with Gasteiger partial charge in [-0.3, -0.25) is 9.59 Å². The molecule has 3 rings (SSSR count). The summed E-state index contributed by atoms with van der Waals surface area (Å²) < 4.78 is 0. The van der Waals surface area contributed by atoms with E-state index < -0.39 is 0 Å². The van der Waals surface area contributed by atoms with Crippen LogP contribution in [0.3, 0.4) is 0 Å². The molecule has 4 nitrogen and oxygen atoms in total. The number of nitrogens with zero attached hydrogens (tertiary/aromatic N) is 2. The van der Waals surface area contributed by atoms with Crippen molar-refractivity contribution in [2.75, 3.05) is 19.6 Å². The molecule has 2 heterocycles. The Labute approximate surface area is 165 Å². The lowest BCUT2D eigenvalue weighted by molar-refractivity contribution is -0.140. The van der Waals surface area contributed by atoms with Crippen molar-refractivity contribution in [3.63, 3.8) is 0 Å². The Morgan fingerprint density at radius 1 is 1.22 bits per heavy atom. The Morgan fingerprint density at radius 3 is 2.63 bits per heavy atom. The van der Waals surface area contributed by atoms with Crippen LogP contribution in [0.15, 0.2) is 35.7 Å². The van der Waals surface area contributed by atoms with E-state index in [0.29, 0.717) is 13.1 Å². The summed E-state index contributed by atoms with van der Waals surface area (Å²) in [5.41, 5.74) is 3.57. The van der Waals surface area contributed by atoms with Crippen molar-refractivity contribution in [1.29, 1.82) is 0 Å². The van der Waals surface area contributed by atoms with Gasteiger partial charge >= 0.3 is 0 Å². The van der Waals surface area contributed by atoms with Gasteiger partial charge in [-0.05, 0) is 42.3 Å². The first kappa shape index (κ1) is 19.6. The number of benzene rings is 1. The highest BCUT2D eigenvalue weighted by Gasteiger charge is 2.33. The molecule has 144 valence electrons. The highest BCUT2D eigenvalue weighted by molar-refractivity contribution is 7.10. The van der Waals surface area contributed by atoms with Gasteiger partial charge in [-0.25, -0.2) is 0 Å². The van der Waals surface area contributed by atoms with E-state index >= 15 is 0 Å². The minimum absolute atomic E-state index is 0.0306. The molecule has 2 aromatic rings. The fraction of sp³-hybridized carbons (Fsp3) is 0.455. The number of hydrogen-bond acceptors (Lipinski definition) is 3. The minimum Gasteiger partial charge on any atom is -0.334 e. The van der Waals surface area contributed by atoms with Gasteiger partial charge < -0.3 is 9.80 Å². The topological polar surface area (TPSA) is 40.6 Å². The number of aryl methyl sites for hydroxylation is 1. The van der Waals surface area contributed by atoms with Crippen molar-refractivity contribution in [3.8, 4) is 0 Å². The van der Waals surface area contributed by atoms with Gasteiger partial charge in [0.2, 0.25) is 11.8 Å². The van der Waals surface area contributed by atoms with Gasteiger partial charge in [0.25, 0.3) is 0 Å². The summed E-state index contributed by atoms with van der Waals surface area (Å²) in [6, 6.07) is 10.5. The van der Waals surface area contributed by atoms with Gasteiger partial charge in [-0.15, -0.1) is 11.3 Å². The van der Waals surface area contributed by atoms with E-state index in [2.05, 4.69) is 49.6 Å². The van der Waals surface area contributed by atoms with Gasteiger partial charge in [0.15, 0.2) is 0 Å². The van der Waals surface area contributed by atoms with Crippen LogP contribution < -0.4 is 0 Å². The van der Waals surface area contributed by atoms with Gasteiger partial charge in [-0.2, -0.15) is 0 Å². The Bertz CT molecular complexity index is 797. The monoisotopic (exact) mass is 384 g/mol. The standard InChI is InChI=1S/C22H28N2O2S/c1-4-5-12-23(17(3)25)15-21(26)24-13-10-20-19(11-14-27-20)22(24)18-8-6-16(2)7-9-18/h6-9,11,14,22H,4-5,10,12-13,15H2,1-3H3/t22-/m1/s1. The summed E-state index contributed by atoms with van der Waals surface area (Å²) in [5, 5.41) is 2.11. The highest BCUT2D eigenvalue weighted by atomic mass is 32.1. The number of carbonyl (C=O) groups excluding carboxylic acids is 2. The molecule has 0 unspecified atom stereocenters. The van der Waals surface area contributed by atoms with Crippen molar-refractivity contribution in [2.45, 2.75) is 46.1 Å². The second-order valence-corrected chi connectivity index (χ2v) is 8.24. The van der Waals surface area contributed by atoms with Crippen LogP contribution >= 0.6 is 11.3 Å². The number of amides is 2. The number of hydrogen-bond donors (Lipinski definition) is 0. The third kappa shape index (κ3) is 4.41. The molecule has 0 aliphatic carbocycles. The maximum absolute atomic E-state index is 13.2. The van der Waals surface area contributed by atoms with E-state index in [1.165, 1.54) is 16.0 Å². The van der Waals surface area contributed by atoms with Crippen LogP contribution in [0.25, 0.3) is 0 Å². The van der Waals surface area contributed by atoms with E-state index in [4.69, 9.17) is 0 Å². The molecule has 1 aromatic carbocycles. The number of rotatable bonds is 6. The number of thiophene rings is 1. The van der Waals surface area contributed by atoms with Gasteiger partial charge in [0.1, 0.15) is 0 Å². The van der Waals surface area contributed by atoms with Crippen LogP contribution in [0.5, 0.6) is 0 Å². The second-order valence-electron chi connectivity index (χ2n) is 7.24. The van der Waals surface area contributed by atoms with Crippen molar-refractivity contribution >= 4 is 23.2 Å². The van der Waals surface area contributed by atoms with Crippen LogP contribution in [-0.2, 0) is 16.0 Å². The van der Waals surface area contributed by atoms with E-state index in [0.717, 1.165) is 24.8 Å². The summed E-state index contributed by atoms with van der Waals surface area (Å²) in [7, 11) is 0. The molecule has 2 amide bonds. The van der Waals surface area contributed by atoms with Crippen LogP contribution in [0.2, 0.25) is 0 Å². The van der Waals surface area contributed by atoms with Crippen LogP contribution in [0.1, 0.15) is 54.3 Å². The highest BCUT2D eigenvalue weighted by Crippen LogP contribution is 2.37. The summed E-state index contributed by atoms with van der Waals surface area (Å²) in [5.74, 6) is 0.000598. The Morgan fingerprint density at radius 2 is 1.96 bits per heavy atom. The first-order valence-electron chi connectivity index (χ1n) is 9.69. The molecule has 27 heavy (non-hydrogen) atoms. The zero-order valence-electron chi connectivity index (χ0n) is 16.4. The van der Waals surface area contributed by atoms with Crippen molar-refractivity contribution in [3.05, 3.63) is 57.3 Å². The maximum Gasteiger partial charge on any atom is 0.242 e. The van der Waals surface area contributed by atoms with Crippen LogP contribution in [0.4, 0.5) is 0 Å².